The minimum atomic E-state index is 0.156. The van der Waals surface area contributed by atoms with Crippen LogP contribution in [-0.2, 0) is 11.3 Å². The van der Waals surface area contributed by atoms with Gasteiger partial charge in [-0.15, -0.1) is 0 Å². The molecule has 0 radical (unpaired) electrons. The van der Waals surface area contributed by atoms with E-state index in [1.165, 1.54) is 18.4 Å². The maximum absolute atomic E-state index is 12.1. The minimum Gasteiger partial charge on any atom is -0.472 e. The molecular weight excluding hydrogens is 280 g/mol. The maximum Gasteiger partial charge on any atom is 0.222 e. The summed E-state index contributed by atoms with van der Waals surface area (Å²) in [7, 11) is 0. The van der Waals surface area contributed by atoms with Gasteiger partial charge in [0.05, 0.1) is 12.5 Å². The van der Waals surface area contributed by atoms with Crippen molar-refractivity contribution in [2.45, 2.75) is 38.6 Å². The van der Waals surface area contributed by atoms with Crippen LogP contribution < -0.4 is 0 Å². The highest BCUT2D eigenvalue weighted by Crippen LogP contribution is 2.39. The average Bonchev–Trinajstić information content (AvgIpc) is 3.02. The molecule has 3 heterocycles. The molecule has 2 saturated heterocycles. The van der Waals surface area contributed by atoms with E-state index in [9.17, 15) is 4.79 Å². The van der Waals surface area contributed by atoms with Gasteiger partial charge in [-0.05, 0) is 38.3 Å². The number of carbonyl (C=O) groups excluding carboxylic acids is 1. The van der Waals surface area contributed by atoms with Crippen molar-refractivity contribution in [2.75, 3.05) is 32.8 Å². The summed E-state index contributed by atoms with van der Waals surface area (Å²) in [6.07, 6.45) is 8.29. The first-order chi connectivity index (χ1) is 10.7. The van der Waals surface area contributed by atoms with Gasteiger partial charge in [0.1, 0.15) is 0 Å². The fraction of sp³-hybridized carbons (Fsp3) is 0.706. The standard InChI is InChI=1S/C17H26N2O3/c20-9-2-8-19-14-17(6-3-16(19)21)5-1-7-18(13-17)11-15-4-10-22-12-15/h4,10,12,20H,1-3,5-9,11,13-14H2/t17-/m1/s1. The Morgan fingerprint density at radius 1 is 1.32 bits per heavy atom. The van der Waals surface area contributed by atoms with Crippen molar-refractivity contribution in [3.63, 3.8) is 0 Å². The molecule has 0 aliphatic carbocycles. The molecule has 1 spiro atoms. The predicted molar refractivity (Wildman–Crippen MR) is 83.2 cm³/mol. The third-order valence-electron chi connectivity index (χ3n) is 5.06. The van der Waals surface area contributed by atoms with Gasteiger partial charge in [0.25, 0.3) is 0 Å². The van der Waals surface area contributed by atoms with Gasteiger partial charge in [-0.1, -0.05) is 0 Å². The third kappa shape index (κ3) is 3.52. The second kappa shape index (κ2) is 6.84. The van der Waals surface area contributed by atoms with Crippen LogP contribution in [0.25, 0.3) is 0 Å². The summed E-state index contributed by atoms with van der Waals surface area (Å²) in [6.45, 7) is 4.82. The Balaban J connectivity index is 1.62. The van der Waals surface area contributed by atoms with Gasteiger partial charge < -0.3 is 14.4 Å². The van der Waals surface area contributed by atoms with Crippen LogP contribution >= 0.6 is 0 Å². The van der Waals surface area contributed by atoms with Gasteiger partial charge in [0, 0.05) is 50.2 Å². The van der Waals surface area contributed by atoms with Gasteiger partial charge in [-0.3, -0.25) is 9.69 Å². The maximum atomic E-state index is 12.1. The first-order valence-electron chi connectivity index (χ1n) is 8.33. The molecule has 1 atom stereocenters. The van der Waals surface area contributed by atoms with Gasteiger partial charge >= 0.3 is 0 Å². The molecule has 0 aromatic carbocycles. The van der Waals surface area contributed by atoms with E-state index in [4.69, 9.17) is 9.52 Å². The van der Waals surface area contributed by atoms with Crippen molar-refractivity contribution in [1.29, 1.82) is 0 Å². The smallest absolute Gasteiger partial charge is 0.222 e. The second-order valence-electron chi connectivity index (χ2n) is 6.84. The Kier molecular flexibility index (Phi) is 4.84. The van der Waals surface area contributed by atoms with E-state index in [0.29, 0.717) is 19.4 Å². The molecule has 122 valence electrons. The van der Waals surface area contributed by atoms with Gasteiger partial charge in [-0.25, -0.2) is 0 Å². The lowest BCUT2D eigenvalue weighted by Gasteiger charge is -2.48. The lowest BCUT2D eigenvalue weighted by atomic mass is 9.73. The number of carbonyl (C=O) groups is 1. The molecule has 5 nitrogen and oxygen atoms in total. The number of hydrogen-bond acceptors (Lipinski definition) is 4. The molecular formula is C17H26N2O3. The normalized spacial score (nSPS) is 26.8. The van der Waals surface area contributed by atoms with Crippen LogP contribution in [0.4, 0.5) is 0 Å². The second-order valence-corrected chi connectivity index (χ2v) is 6.84. The van der Waals surface area contributed by atoms with Crippen molar-refractivity contribution >= 4 is 5.91 Å². The van der Waals surface area contributed by atoms with Gasteiger partial charge in [0.15, 0.2) is 0 Å². The summed E-state index contributed by atoms with van der Waals surface area (Å²) >= 11 is 0. The van der Waals surface area contributed by atoms with E-state index in [2.05, 4.69) is 4.90 Å². The Hall–Kier alpha value is -1.33. The molecule has 0 unspecified atom stereocenters. The number of furan rings is 1. The molecule has 0 bridgehead atoms. The topological polar surface area (TPSA) is 56.9 Å². The number of amides is 1. The third-order valence-corrected chi connectivity index (χ3v) is 5.06. The van der Waals surface area contributed by atoms with Crippen LogP contribution in [0.5, 0.6) is 0 Å². The Morgan fingerprint density at radius 3 is 3.00 bits per heavy atom. The van der Waals surface area contributed by atoms with Crippen molar-refractivity contribution in [2.24, 2.45) is 5.41 Å². The number of hydrogen-bond donors (Lipinski definition) is 1. The summed E-state index contributed by atoms with van der Waals surface area (Å²) in [5.41, 5.74) is 1.46. The number of nitrogens with zero attached hydrogens (tertiary/aromatic N) is 2. The zero-order valence-electron chi connectivity index (χ0n) is 13.2. The van der Waals surface area contributed by atoms with E-state index in [1.54, 1.807) is 6.26 Å². The molecule has 22 heavy (non-hydrogen) atoms. The van der Waals surface area contributed by atoms with Crippen LogP contribution in [0.15, 0.2) is 23.0 Å². The van der Waals surface area contributed by atoms with Crippen molar-refractivity contribution in [3.05, 3.63) is 24.2 Å². The molecule has 0 saturated carbocycles. The SMILES string of the molecule is O=C1CC[C@@]2(CCCN(Cc3ccoc3)C2)CN1CCCO. The van der Waals surface area contributed by atoms with Crippen molar-refractivity contribution in [1.82, 2.24) is 9.80 Å². The average molecular weight is 306 g/mol. The lowest BCUT2D eigenvalue weighted by molar-refractivity contribution is -0.139. The van der Waals surface area contributed by atoms with Crippen molar-refractivity contribution < 1.29 is 14.3 Å². The Bertz CT molecular complexity index is 488. The lowest BCUT2D eigenvalue weighted by Crippen LogP contribution is -2.54. The van der Waals surface area contributed by atoms with Crippen LogP contribution in [0.3, 0.4) is 0 Å². The molecule has 1 aromatic heterocycles. The monoisotopic (exact) mass is 306 g/mol. The highest BCUT2D eigenvalue weighted by Gasteiger charge is 2.41. The van der Waals surface area contributed by atoms with E-state index in [1.807, 2.05) is 17.2 Å². The molecule has 1 aromatic rings. The largest absolute Gasteiger partial charge is 0.472 e. The number of rotatable bonds is 5. The van der Waals surface area contributed by atoms with E-state index < -0.39 is 0 Å². The molecule has 3 rings (SSSR count). The van der Waals surface area contributed by atoms with E-state index in [-0.39, 0.29) is 17.9 Å². The Labute approximate surface area is 131 Å². The zero-order valence-corrected chi connectivity index (χ0v) is 13.2. The fourth-order valence-electron chi connectivity index (χ4n) is 3.99. The molecule has 2 fully saturated rings. The number of aliphatic hydroxyl groups is 1. The van der Waals surface area contributed by atoms with Crippen LogP contribution in [-0.4, -0.2) is 53.6 Å². The molecule has 1 amide bonds. The number of piperidine rings is 2. The summed E-state index contributed by atoms with van der Waals surface area (Å²) < 4.78 is 5.17. The quantitative estimate of drug-likeness (QED) is 0.902. The predicted octanol–water partition coefficient (Wildman–Crippen LogP) is 1.87. The van der Waals surface area contributed by atoms with Gasteiger partial charge in [-0.2, -0.15) is 0 Å². The van der Waals surface area contributed by atoms with Gasteiger partial charge in [0.2, 0.25) is 5.91 Å². The molecule has 2 aliphatic rings. The highest BCUT2D eigenvalue weighted by molar-refractivity contribution is 5.77. The molecule has 1 N–H and O–H groups in total. The highest BCUT2D eigenvalue weighted by atomic mass is 16.3. The first-order valence-corrected chi connectivity index (χ1v) is 8.33. The van der Waals surface area contributed by atoms with Crippen LogP contribution in [0.1, 0.15) is 37.7 Å². The fourth-order valence-corrected chi connectivity index (χ4v) is 3.99. The van der Waals surface area contributed by atoms with Crippen LogP contribution in [0, 0.1) is 5.41 Å². The van der Waals surface area contributed by atoms with Crippen LogP contribution in [0.2, 0.25) is 0 Å². The zero-order chi connectivity index (χ0) is 15.4. The number of likely N-dealkylation sites (tertiary alicyclic amines) is 2. The molecule has 5 heteroatoms. The summed E-state index contributed by atoms with van der Waals surface area (Å²) in [5, 5.41) is 9.02. The number of aliphatic hydroxyl groups excluding tert-OH is 1. The Morgan fingerprint density at radius 2 is 2.23 bits per heavy atom. The first kappa shape index (κ1) is 15.6. The summed E-state index contributed by atoms with van der Waals surface area (Å²) in [6, 6.07) is 2.03. The summed E-state index contributed by atoms with van der Waals surface area (Å²) in [4.78, 5) is 16.5. The van der Waals surface area contributed by atoms with E-state index in [0.717, 1.165) is 32.6 Å². The van der Waals surface area contributed by atoms with Crippen molar-refractivity contribution in [3.8, 4) is 0 Å². The minimum absolute atomic E-state index is 0.156. The summed E-state index contributed by atoms with van der Waals surface area (Å²) in [5.74, 6) is 0.256. The van der Waals surface area contributed by atoms with E-state index >= 15 is 0 Å². The molecule has 2 aliphatic heterocycles.